The molecular formula is C7H12FNO. The van der Waals surface area contributed by atoms with Gasteiger partial charge in [0, 0.05) is 19.4 Å². The first-order chi connectivity index (χ1) is 4.61. The number of rotatable bonds is 0. The van der Waals surface area contributed by atoms with E-state index in [0.29, 0.717) is 6.54 Å². The van der Waals surface area contributed by atoms with Crippen LogP contribution in [-0.4, -0.2) is 30.1 Å². The highest BCUT2D eigenvalue weighted by molar-refractivity contribution is 5.73. The molecule has 2 unspecified atom stereocenters. The lowest BCUT2D eigenvalue weighted by Crippen LogP contribution is -2.26. The molecule has 1 aliphatic rings. The monoisotopic (exact) mass is 145 g/mol. The third-order valence-corrected chi connectivity index (χ3v) is 1.97. The minimum atomic E-state index is -0.816. The van der Waals surface area contributed by atoms with Crippen LogP contribution >= 0.6 is 0 Å². The van der Waals surface area contributed by atoms with E-state index in [1.54, 1.807) is 4.90 Å². The molecule has 1 saturated heterocycles. The molecule has 1 heterocycles. The van der Waals surface area contributed by atoms with Gasteiger partial charge in [0.2, 0.25) is 5.91 Å². The number of amides is 1. The number of halogens is 1. The Kier molecular flexibility index (Phi) is 1.92. The van der Waals surface area contributed by atoms with Gasteiger partial charge in [0.25, 0.3) is 0 Å². The van der Waals surface area contributed by atoms with Crippen LogP contribution in [0.2, 0.25) is 0 Å². The molecule has 3 heteroatoms. The zero-order valence-corrected chi connectivity index (χ0v) is 6.30. The second-order valence-corrected chi connectivity index (χ2v) is 2.92. The van der Waals surface area contributed by atoms with Gasteiger partial charge in [0.15, 0.2) is 0 Å². The lowest BCUT2D eigenvalue weighted by atomic mass is 10.1. The van der Waals surface area contributed by atoms with Crippen LogP contribution < -0.4 is 0 Å². The Balaban J connectivity index is 2.49. The Labute approximate surface area is 60.0 Å². The smallest absolute Gasteiger partial charge is 0.219 e. The van der Waals surface area contributed by atoms with E-state index in [-0.39, 0.29) is 18.4 Å². The molecule has 1 fully saturated rings. The van der Waals surface area contributed by atoms with Crippen LogP contribution in [0.15, 0.2) is 0 Å². The Bertz CT molecular complexity index is 139. The standard InChI is InChI=1S/C7H12FNO/c1-5-3-9(6(2)10)4-7(5)8/h5,7H,3-4H2,1-2H3. The van der Waals surface area contributed by atoms with Crippen molar-refractivity contribution in [3.8, 4) is 0 Å². The van der Waals surface area contributed by atoms with E-state index in [2.05, 4.69) is 0 Å². The highest BCUT2D eigenvalue weighted by Crippen LogP contribution is 2.18. The molecule has 2 nitrogen and oxygen atoms in total. The largest absolute Gasteiger partial charge is 0.340 e. The van der Waals surface area contributed by atoms with E-state index in [9.17, 15) is 9.18 Å². The minimum Gasteiger partial charge on any atom is -0.340 e. The summed E-state index contributed by atoms with van der Waals surface area (Å²) in [6, 6.07) is 0. The topological polar surface area (TPSA) is 20.3 Å². The summed E-state index contributed by atoms with van der Waals surface area (Å²) in [5.74, 6) is -0.00380. The van der Waals surface area contributed by atoms with Gasteiger partial charge in [0.05, 0.1) is 6.54 Å². The zero-order valence-electron chi connectivity index (χ0n) is 6.30. The van der Waals surface area contributed by atoms with Crippen molar-refractivity contribution in [1.82, 2.24) is 4.90 Å². The van der Waals surface area contributed by atoms with Crippen molar-refractivity contribution in [2.45, 2.75) is 20.0 Å². The fourth-order valence-corrected chi connectivity index (χ4v) is 1.18. The summed E-state index contributed by atoms with van der Waals surface area (Å²) < 4.78 is 12.7. The summed E-state index contributed by atoms with van der Waals surface area (Å²) >= 11 is 0. The molecule has 0 aliphatic carbocycles. The molecule has 0 aromatic heterocycles. The molecule has 1 aliphatic heterocycles. The van der Waals surface area contributed by atoms with Crippen LogP contribution in [0.1, 0.15) is 13.8 Å². The van der Waals surface area contributed by atoms with Crippen LogP contribution in [0, 0.1) is 5.92 Å². The average Bonchev–Trinajstić information content (AvgIpc) is 2.13. The van der Waals surface area contributed by atoms with Gasteiger partial charge in [0.1, 0.15) is 6.17 Å². The number of alkyl halides is 1. The molecule has 0 aromatic rings. The van der Waals surface area contributed by atoms with Crippen LogP contribution in [0.5, 0.6) is 0 Å². The summed E-state index contributed by atoms with van der Waals surface area (Å²) in [4.78, 5) is 12.2. The van der Waals surface area contributed by atoms with Gasteiger partial charge in [-0.2, -0.15) is 0 Å². The average molecular weight is 145 g/mol. The van der Waals surface area contributed by atoms with Crippen molar-refractivity contribution in [2.75, 3.05) is 13.1 Å². The van der Waals surface area contributed by atoms with Crippen molar-refractivity contribution < 1.29 is 9.18 Å². The SMILES string of the molecule is CC(=O)N1CC(C)C(F)C1. The molecule has 0 spiro atoms. The summed E-state index contributed by atoms with van der Waals surface area (Å²) in [5.41, 5.74) is 0. The van der Waals surface area contributed by atoms with Gasteiger partial charge in [-0.3, -0.25) is 4.79 Å². The number of hydrogen-bond donors (Lipinski definition) is 0. The molecule has 0 N–H and O–H groups in total. The molecule has 0 bridgehead atoms. The summed E-state index contributed by atoms with van der Waals surface area (Å²) in [6.07, 6.45) is -0.816. The number of hydrogen-bond acceptors (Lipinski definition) is 1. The van der Waals surface area contributed by atoms with E-state index >= 15 is 0 Å². The van der Waals surface area contributed by atoms with Gasteiger partial charge in [-0.15, -0.1) is 0 Å². The van der Waals surface area contributed by atoms with E-state index < -0.39 is 6.17 Å². The zero-order chi connectivity index (χ0) is 7.72. The lowest BCUT2D eigenvalue weighted by molar-refractivity contribution is -0.128. The van der Waals surface area contributed by atoms with Gasteiger partial charge >= 0.3 is 0 Å². The van der Waals surface area contributed by atoms with Crippen molar-refractivity contribution in [3.05, 3.63) is 0 Å². The lowest BCUT2D eigenvalue weighted by Gasteiger charge is -2.10. The van der Waals surface area contributed by atoms with E-state index in [1.165, 1.54) is 6.92 Å². The van der Waals surface area contributed by atoms with Crippen molar-refractivity contribution >= 4 is 5.91 Å². The number of nitrogens with zero attached hydrogens (tertiary/aromatic N) is 1. The van der Waals surface area contributed by atoms with Gasteiger partial charge in [-0.25, -0.2) is 4.39 Å². The van der Waals surface area contributed by atoms with E-state index in [4.69, 9.17) is 0 Å². The predicted molar refractivity (Wildman–Crippen MR) is 36.3 cm³/mol. The third kappa shape index (κ3) is 1.28. The van der Waals surface area contributed by atoms with Crippen molar-refractivity contribution in [3.63, 3.8) is 0 Å². The number of carbonyl (C=O) groups is 1. The molecule has 2 atom stereocenters. The van der Waals surface area contributed by atoms with Crippen LogP contribution in [-0.2, 0) is 4.79 Å². The maximum absolute atomic E-state index is 12.7. The van der Waals surface area contributed by atoms with Crippen LogP contribution in [0.4, 0.5) is 4.39 Å². The Morgan fingerprint density at radius 3 is 2.40 bits per heavy atom. The molecule has 0 saturated carbocycles. The molecular weight excluding hydrogens is 133 g/mol. The summed E-state index contributed by atoms with van der Waals surface area (Å²) in [5, 5.41) is 0. The van der Waals surface area contributed by atoms with Gasteiger partial charge < -0.3 is 4.90 Å². The van der Waals surface area contributed by atoms with Crippen molar-refractivity contribution in [2.24, 2.45) is 5.92 Å². The fraction of sp³-hybridized carbons (Fsp3) is 0.857. The molecule has 1 rings (SSSR count). The Hall–Kier alpha value is -0.600. The second kappa shape index (κ2) is 2.56. The van der Waals surface area contributed by atoms with Crippen LogP contribution in [0.3, 0.4) is 0 Å². The number of carbonyl (C=O) groups excluding carboxylic acids is 1. The van der Waals surface area contributed by atoms with Gasteiger partial charge in [-0.1, -0.05) is 6.92 Å². The molecule has 1 amide bonds. The van der Waals surface area contributed by atoms with Gasteiger partial charge in [-0.05, 0) is 0 Å². The maximum atomic E-state index is 12.7. The highest BCUT2D eigenvalue weighted by atomic mass is 19.1. The molecule has 0 aromatic carbocycles. The minimum absolute atomic E-state index is 0.0175. The first-order valence-electron chi connectivity index (χ1n) is 3.51. The second-order valence-electron chi connectivity index (χ2n) is 2.92. The Morgan fingerprint density at radius 1 is 1.60 bits per heavy atom. The molecule has 58 valence electrons. The first-order valence-corrected chi connectivity index (χ1v) is 3.51. The Morgan fingerprint density at radius 2 is 2.20 bits per heavy atom. The molecule has 0 radical (unpaired) electrons. The normalized spacial score (nSPS) is 32.9. The molecule has 10 heavy (non-hydrogen) atoms. The van der Waals surface area contributed by atoms with E-state index in [1.807, 2.05) is 6.92 Å². The fourth-order valence-electron chi connectivity index (χ4n) is 1.18. The van der Waals surface area contributed by atoms with E-state index in [0.717, 1.165) is 0 Å². The predicted octanol–water partition coefficient (Wildman–Crippen LogP) is 0.823. The summed E-state index contributed by atoms with van der Waals surface area (Å²) in [6.45, 7) is 4.17. The summed E-state index contributed by atoms with van der Waals surface area (Å²) in [7, 11) is 0. The maximum Gasteiger partial charge on any atom is 0.219 e. The first kappa shape index (κ1) is 7.51. The van der Waals surface area contributed by atoms with Crippen molar-refractivity contribution in [1.29, 1.82) is 0 Å². The van der Waals surface area contributed by atoms with Crippen LogP contribution in [0.25, 0.3) is 0 Å². The number of likely N-dealkylation sites (tertiary alicyclic amines) is 1. The highest BCUT2D eigenvalue weighted by Gasteiger charge is 2.30. The quantitative estimate of drug-likeness (QED) is 0.494. The third-order valence-electron chi connectivity index (χ3n) is 1.97.